The summed E-state index contributed by atoms with van der Waals surface area (Å²) in [6.07, 6.45) is -0.591. The van der Waals surface area contributed by atoms with Crippen LogP contribution in [0.15, 0.2) is 29.2 Å². The Hall–Kier alpha value is -2.08. The number of ether oxygens (including phenoxy) is 1. The highest BCUT2D eigenvalue weighted by atomic mass is 32.2. The van der Waals surface area contributed by atoms with Gasteiger partial charge in [-0.2, -0.15) is 0 Å². The molecular weight excluding hydrogens is 340 g/mol. The van der Waals surface area contributed by atoms with Crippen molar-refractivity contribution in [1.82, 2.24) is 15.4 Å². The maximum atomic E-state index is 12.1. The second kappa shape index (κ2) is 8.15. The van der Waals surface area contributed by atoms with E-state index in [9.17, 15) is 23.3 Å². The van der Waals surface area contributed by atoms with Crippen molar-refractivity contribution in [2.75, 3.05) is 32.8 Å². The summed E-state index contributed by atoms with van der Waals surface area (Å²) in [5.41, 5.74) is -0.312. The number of nitrogens with zero attached hydrogens (tertiary/aromatic N) is 1. The van der Waals surface area contributed by atoms with E-state index in [2.05, 4.69) is 15.4 Å². The Balaban J connectivity index is 1.83. The van der Waals surface area contributed by atoms with Crippen LogP contribution in [-0.4, -0.2) is 58.1 Å². The molecule has 0 aromatic heterocycles. The van der Waals surface area contributed by atoms with Gasteiger partial charge in [0, 0.05) is 38.3 Å². The molecule has 1 aromatic rings. The van der Waals surface area contributed by atoms with Crippen LogP contribution in [0.1, 0.15) is 0 Å². The Morgan fingerprint density at radius 2 is 2.21 bits per heavy atom. The van der Waals surface area contributed by atoms with Gasteiger partial charge in [0.2, 0.25) is 10.0 Å². The van der Waals surface area contributed by atoms with Crippen molar-refractivity contribution in [2.45, 2.75) is 11.0 Å². The molecule has 132 valence electrons. The van der Waals surface area contributed by atoms with Crippen molar-refractivity contribution < 1.29 is 22.9 Å². The van der Waals surface area contributed by atoms with Crippen LogP contribution in [0.3, 0.4) is 0 Å². The fraction of sp³-hybridized carbons (Fsp3) is 0.462. The number of hydrogen-bond acceptors (Lipinski definition) is 7. The summed E-state index contributed by atoms with van der Waals surface area (Å²) in [4.78, 5) is 21.6. The summed E-state index contributed by atoms with van der Waals surface area (Å²) >= 11 is 0. The van der Waals surface area contributed by atoms with Crippen LogP contribution >= 0.6 is 0 Å². The molecule has 1 heterocycles. The molecule has 3 N–H and O–H groups in total. The summed E-state index contributed by atoms with van der Waals surface area (Å²) in [6.45, 7) is 1.57. The molecule has 1 amide bonds. The lowest BCUT2D eigenvalue weighted by molar-refractivity contribution is -0.385. The number of carbonyl (C=O) groups is 1. The second-order valence-corrected chi connectivity index (χ2v) is 6.77. The third-order valence-electron chi connectivity index (χ3n) is 3.28. The summed E-state index contributed by atoms with van der Waals surface area (Å²) in [5.74, 6) is -0.322. The Bertz CT molecular complexity index is 702. The number of nitro groups is 1. The number of hydrogen-bond donors (Lipinski definition) is 3. The average molecular weight is 358 g/mol. The molecule has 0 radical (unpaired) electrons. The van der Waals surface area contributed by atoms with E-state index in [-0.39, 0.29) is 29.6 Å². The normalized spacial score (nSPS) is 18.1. The number of sulfonamides is 1. The average Bonchev–Trinajstić information content (AvgIpc) is 2.59. The zero-order valence-corrected chi connectivity index (χ0v) is 13.5. The third kappa shape index (κ3) is 4.96. The van der Waals surface area contributed by atoms with E-state index < -0.39 is 21.1 Å². The fourth-order valence-electron chi connectivity index (χ4n) is 2.07. The van der Waals surface area contributed by atoms with Gasteiger partial charge in [0.15, 0.2) is 0 Å². The molecule has 1 aliphatic heterocycles. The van der Waals surface area contributed by atoms with Gasteiger partial charge in [-0.05, 0) is 6.07 Å². The first-order valence-electron chi connectivity index (χ1n) is 7.24. The molecule has 11 heteroatoms. The molecule has 24 heavy (non-hydrogen) atoms. The van der Waals surface area contributed by atoms with Gasteiger partial charge in [0.05, 0.1) is 16.4 Å². The summed E-state index contributed by atoms with van der Waals surface area (Å²) < 4.78 is 31.7. The van der Waals surface area contributed by atoms with E-state index in [4.69, 9.17) is 4.74 Å². The Kier molecular flexibility index (Phi) is 6.20. The van der Waals surface area contributed by atoms with Gasteiger partial charge in [-0.15, -0.1) is 0 Å². The molecule has 10 nitrogen and oxygen atoms in total. The van der Waals surface area contributed by atoms with E-state index in [1.807, 2.05) is 0 Å². The smallest absolute Gasteiger partial charge is 0.270 e. The van der Waals surface area contributed by atoms with Gasteiger partial charge in [-0.25, -0.2) is 13.1 Å². The Labute approximate surface area is 138 Å². The van der Waals surface area contributed by atoms with Crippen LogP contribution in [0.2, 0.25) is 0 Å². The highest BCUT2D eigenvalue weighted by molar-refractivity contribution is 7.89. The Morgan fingerprint density at radius 1 is 1.42 bits per heavy atom. The zero-order chi connectivity index (χ0) is 17.6. The van der Waals surface area contributed by atoms with Gasteiger partial charge in [0.1, 0.15) is 6.10 Å². The number of amides is 1. The quantitative estimate of drug-likeness (QED) is 0.322. The lowest BCUT2D eigenvalue weighted by Crippen LogP contribution is -2.49. The number of non-ortho nitro benzene ring substituents is 1. The molecular formula is C13H18N4O6S. The molecule has 0 spiro atoms. The largest absolute Gasteiger partial charge is 0.366 e. The van der Waals surface area contributed by atoms with E-state index >= 15 is 0 Å². The van der Waals surface area contributed by atoms with E-state index in [0.717, 1.165) is 6.07 Å². The van der Waals surface area contributed by atoms with E-state index in [1.54, 1.807) is 0 Å². The van der Waals surface area contributed by atoms with Crippen molar-refractivity contribution in [1.29, 1.82) is 0 Å². The molecule has 1 aromatic carbocycles. The predicted octanol–water partition coefficient (Wildman–Crippen LogP) is -1.02. The molecule has 1 atom stereocenters. The van der Waals surface area contributed by atoms with Crippen LogP contribution in [0.4, 0.5) is 5.69 Å². The first-order valence-corrected chi connectivity index (χ1v) is 8.72. The van der Waals surface area contributed by atoms with Crippen molar-refractivity contribution in [2.24, 2.45) is 0 Å². The fourth-order valence-corrected chi connectivity index (χ4v) is 3.14. The third-order valence-corrected chi connectivity index (χ3v) is 4.73. The molecule has 0 saturated carbocycles. The van der Waals surface area contributed by atoms with Gasteiger partial charge in [-0.3, -0.25) is 14.9 Å². The minimum atomic E-state index is -3.89. The number of rotatable bonds is 7. The van der Waals surface area contributed by atoms with Gasteiger partial charge in [-0.1, -0.05) is 6.07 Å². The summed E-state index contributed by atoms with van der Waals surface area (Å²) in [7, 11) is -3.89. The highest BCUT2D eigenvalue weighted by Crippen LogP contribution is 2.16. The monoisotopic (exact) mass is 358 g/mol. The first kappa shape index (κ1) is 18.3. The van der Waals surface area contributed by atoms with E-state index in [0.29, 0.717) is 19.7 Å². The first-order chi connectivity index (χ1) is 11.4. The van der Waals surface area contributed by atoms with Crippen molar-refractivity contribution in [3.8, 4) is 0 Å². The van der Waals surface area contributed by atoms with Crippen LogP contribution < -0.4 is 15.4 Å². The molecule has 1 aliphatic rings. The minimum absolute atomic E-state index is 0.0447. The number of nitrogens with one attached hydrogen (secondary N) is 3. The summed E-state index contributed by atoms with van der Waals surface area (Å²) in [5, 5.41) is 16.3. The lowest BCUT2D eigenvalue weighted by atomic mass is 10.3. The van der Waals surface area contributed by atoms with Crippen LogP contribution in [0.5, 0.6) is 0 Å². The number of morpholine rings is 1. The topological polar surface area (TPSA) is 140 Å². The maximum Gasteiger partial charge on any atom is 0.270 e. The molecule has 1 unspecified atom stereocenters. The van der Waals surface area contributed by atoms with Crippen molar-refractivity contribution in [3.63, 3.8) is 0 Å². The summed E-state index contributed by atoms with van der Waals surface area (Å²) in [6, 6.07) is 4.73. The molecule has 0 bridgehead atoms. The molecule has 1 saturated heterocycles. The standard InChI is InChI=1S/C13H18N4O6S/c18-13(12-9-14-6-7-23-12)15-4-5-16-24(21,22)11-3-1-2-10(8-11)17(19)20/h1-3,8,12,14,16H,4-7,9H2,(H,15,18). The second-order valence-electron chi connectivity index (χ2n) is 5.01. The van der Waals surface area contributed by atoms with Crippen molar-refractivity contribution >= 4 is 21.6 Å². The van der Waals surface area contributed by atoms with Crippen LogP contribution in [0, 0.1) is 10.1 Å². The molecule has 1 fully saturated rings. The van der Waals surface area contributed by atoms with Crippen molar-refractivity contribution in [3.05, 3.63) is 34.4 Å². The SMILES string of the molecule is O=C(NCCNS(=O)(=O)c1cccc([N+](=O)[O-])c1)C1CNCCO1. The van der Waals surface area contributed by atoms with Gasteiger partial charge < -0.3 is 15.4 Å². The molecule has 2 rings (SSSR count). The van der Waals surface area contributed by atoms with Crippen LogP contribution in [0.25, 0.3) is 0 Å². The van der Waals surface area contributed by atoms with Gasteiger partial charge in [0.25, 0.3) is 11.6 Å². The van der Waals surface area contributed by atoms with Gasteiger partial charge >= 0.3 is 0 Å². The zero-order valence-electron chi connectivity index (χ0n) is 12.7. The Morgan fingerprint density at radius 3 is 2.88 bits per heavy atom. The molecule has 0 aliphatic carbocycles. The highest BCUT2D eigenvalue weighted by Gasteiger charge is 2.21. The number of benzene rings is 1. The minimum Gasteiger partial charge on any atom is -0.366 e. The predicted molar refractivity (Wildman–Crippen MR) is 83.9 cm³/mol. The number of nitro benzene ring substituents is 1. The van der Waals surface area contributed by atoms with E-state index in [1.165, 1.54) is 18.2 Å². The maximum absolute atomic E-state index is 12.1. The van der Waals surface area contributed by atoms with Crippen LogP contribution in [-0.2, 0) is 19.6 Å². The lowest BCUT2D eigenvalue weighted by Gasteiger charge is -2.22. The number of carbonyl (C=O) groups excluding carboxylic acids is 1.